The molecule has 174 valence electrons. The van der Waals surface area contributed by atoms with Crippen LogP contribution in [0.5, 0.6) is 0 Å². The Kier molecular flexibility index (Phi) is 9.30. The normalized spacial score (nSPS) is 20.2. The smallest absolute Gasteiger partial charge is 0.246 e. The summed E-state index contributed by atoms with van der Waals surface area (Å²) in [7, 11) is 1.67. The number of primary amides is 1. The van der Waals surface area contributed by atoms with Gasteiger partial charge in [-0.15, -0.1) is 10.2 Å². The molecule has 2 rings (SSSR count). The van der Waals surface area contributed by atoms with Gasteiger partial charge in [-0.05, 0) is 51.1 Å². The third kappa shape index (κ3) is 7.00. The van der Waals surface area contributed by atoms with Crippen LogP contribution in [0.3, 0.4) is 0 Å². The van der Waals surface area contributed by atoms with E-state index in [9.17, 15) is 4.79 Å². The fourth-order valence-electron chi connectivity index (χ4n) is 3.43. The fraction of sp³-hybridized carbons (Fsp3) is 0.391. The zero-order chi connectivity index (χ0) is 24.4. The van der Waals surface area contributed by atoms with Crippen LogP contribution in [0.25, 0.3) is 0 Å². The van der Waals surface area contributed by atoms with E-state index < -0.39 is 5.91 Å². The molecule has 1 aliphatic heterocycles. The van der Waals surface area contributed by atoms with Gasteiger partial charge in [-0.3, -0.25) is 9.79 Å². The Bertz CT molecular complexity index is 1020. The maximum atomic E-state index is 12.0. The first-order valence-corrected chi connectivity index (χ1v) is 10.6. The summed E-state index contributed by atoms with van der Waals surface area (Å²) in [5.41, 5.74) is 6.84. The number of aliphatic imine (C=N–C) groups is 2. The molecule has 0 spiro atoms. The highest BCUT2D eigenvalue weighted by Crippen LogP contribution is 2.23. The molecule has 1 aromatic rings. The Morgan fingerprint density at radius 1 is 1.42 bits per heavy atom. The molecule has 0 saturated carbocycles. The van der Waals surface area contributed by atoms with Gasteiger partial charge in [0.25, 0.3) is 0 Å². The monoisotopic (exact) mass is 449 g/mol. The third-order valence-electron chi connectivity index (χ3n) is 5.38. The van der Waals surface area contributed by atoms with Crippen LogP contribution in [-0.2, 0) is 4.79 Å². The minimum atomic E-state index is -0.520. The van der Waals surface area contributed by atoms with Crippen LogP contribution in [0.2, 0.25) is 0 Å². The first kappa shape index (κ1) is 25.3. The summed E-state index contributed by atoms with van der Waals surface area (Å²) in [5, 5.41) is 23.6. The van der Waals surface area contributed by atoms with Crippen molar-refractivity contribution in [2.24, 2.45) is 21.6 Å². The summed E-state index contributed by atoms with van der Waals surface area (Å²) in [5.74, 6) is 1.49. The second-order valence-corrected chi connectivity index (χ2v) is 7.68. The number of nitrogens with zero attached hydrogens (tertiary/aromatic N) is 6. The van der Waals surface area contributed by atoms with Crippen molar-refractivity contribution in [2.75, 3.05) is 25.0 Å². The zero-order valence-electron chi connectivity index (χ0n) is 19.5. The number of piperidine rings is 1. The number of carbonyl (C=O) groups is 1. The summed E-state index contributed by atoms with van der Waals surface area (Å²) in [6, 6.07) is 5.54. The van der Waals surface area contributed by atoms with Crippen LogP contribution in [0, 0.1) is 17.2 Å². The molecule has 2 atom stereocenters. The lowest BCUT2D eigenvalue weighted by molar-refractivity contribution is -0.114. The van der Waals surface area contributed by atoms with Crippen LogP contribution in [-0.4, -0.2) is 54.8 Å². The van der Waals surface area contributed by atoms with E-state index in [-0.39, 0.29) is 17.7 Å². The minimum absolute atomic E-state index is 0.0917. The highest BCUT2D eigenvalue weighted by Gasteiger charge is 2.28. The Hall–Kier alpha value is -4.00. The van der Waals surface area contributed by atoms with Crippen molar-refractivity contribution in [1.29, 1.82) is 5.26 Å². The van der Waals surface area contributed by atoms with E-state index >= 15 is 0 Å². The van der Waals surface area contributed by atoms with Gasteiger partial charge in [0, 0.05) is 43.5 Å². The lowest BCUT2D eigenvalue weighted by atomic mass is 9.93. The van der Waals surface area contributed by atoms with Gasteiger partial charge in [-0.25, -0.2) is 4.99 Å². The largest absolute Gasteiger partial charge is 0.381 e. The number of nitriles is 1. The summed E-state index contributed by atoms with van der Waals surface area (Å²) in [6.45, 7) is 10.8. The quantitative estimate of drug-likeness (QED) is 0.237. The average molecular weight is 450 g/mol. The number of rotatable bonds is 8. The van der Waals surface area contributed by atoms with E-state index in [2.05, 4.69) is 49.4 Å². The van der Waals surface area contributed by atoms with Crippen molar-refractivity contribution in [3.8, 4) is 6.07 Å². The Labute approximate surface area is 194 Å². The molecule has 0 radical (unpaired) electrons. The Balaban J connectivity index is 2.20. The number of hydrogen-bond donors (Lipinski definition) is 3. The van der Waals surface area contributed by atoms with Gasteiger partial charge < -0.3 is 21.3 Å². The number of anilines is 1. The molecule has 1 aromatic heterocycles. The van der Waals surface area contributed by atoms with Crippen molar-refractivity contribution in [1.82, 2.24) is 20.8 Å². The second kappa shape index (κ2) is 12.1. The molecule has 1 aliphatic rings. The van der Waals surface area contributed by atoms with Crippen molar-refractivity contribution >= 4 is 24.3 Å². The van der Waals surface area contributed by atoms with Gasteiger partial charge in [-0.2, -0.15) is 5.26 Å². The Morgan fingerprint density at radius 3 is 2.70 bits per heavy atom. The zero-order valence-corrected chi connectivity index (χ0v) is 19.5. The molecule has 0 aromatic carbocycles. The van der Waals surface area contributed by atoms with Crippen molar-refractivity contribution in [3.63, 3.8) is 0 Å². The topological polar surface area (TPSA) is 145 Å². The average Bonchev–Trinajstić information content (AvgIpc) is 2.83. The molecule has 4 N–H and O–H groups in total. The molecule has 0 unspecified atom stereocenters. The first-order valence-electron chi connectivity index (χ1n) is 10.6. The van der Waals surface area contributed by atoms with Gasteiger partial charge in [0.2, 0.25) is 5.91 Å². The number of amides is 1. The summed E-state index contributed by atoms with van der Waals surface area (Å²) < 4.78 is 0. The number of allylic oxidation sites excluding steroid dienone is 2. The van der Waals surface area contributed by atoms with E-state index in [1.807, 2.05) is 25.1 Å². The standard InChI is InChI=1S/C23H31N9O/c1-6-7-20(26-4)29-21(27-5)12-19(16(3)23(25)33)28-18-10-11-32(14-15(18)2)22-9-8-17(13-24)30-31-22/h6-9,12,15,18,28H,5,10-11,14H2,1-4H3,(H2,25,33)(H,26,29)/b7-6-,19-16-,21-12+/t15-,18+/m0/s1. The predicted octanol–water partition coefficient (Wildman–Crippen LogP) is 1.65. The second-order valence-electron chi connectivity index (χ2n) is 7.68. The maximum Gasteiger partial charge on any atom is 0.246 e. The lowest BCUT2D eigenvalue weighted by Gasteiger charge is -2.38. The number of aromatic nitrogens is 2. The van der Waals surface area contributed by atoms with E-state index in [0.29, 0.717) is 22.9 Å². The molecular weight excluding hydrogens is 418 g/mol. The van der Waals surface area contributed by atoms with Crippen LogP contribution < -0.4 is 21.3 Å². The first-order chi connectivity index (χ1) is 15.8. The number of nitrogens with two attached hydrogens (primary N) is 1. The van der Waals surface area contributed by atoms with Gasteiger partial charge in [-0.1, -0.05) is 13.0 Å². The third-order valence-corrected chi connectivity index (χ3v) is 5.38. The molecule has 10 nitrogen and oxygen atoms in total. The maximum absolute atomic E-state index is 12.0. The minimum Gasteiger partial charge on any atom is -0.381 e. The molecule has 0 bridgehead atoms. The van der Waals surface area contributed by atoms with E-state index in [1.165, 1.54) is 0 Å². The summed E-state index contributed by atoms with van der Waals surface area (Å²) in [4.78, 5) is 22.3. The summed E-state index contributed by atoms with van der Waals surface area (Å²) in [6.07, 6.45) is 6.18. The van der Waals surface area contributed by atoms with Crippen LogP contribution in [0.15, 0.2) is 57.4 Å². The highest BCUT2D eigenvalue weighted by molar-refractivity contribution is 5.94. The molecular formula is C23H31N9O. The van der Waals surface area contributed by atoms with Crippen LogP contribution >= 0.6 is 0 Å². The van der Waals surface area contributed by atoms with E-state index in [0.717, 1.165) is 25.3 Å². The fourth-order valence-corrected chi connectivity index (χ4v) is 3.43. The van der Waals surface area contributed by atoms with Gasteiger partial charge in [0.05, 0.1) is 0 Å². The molecule has 1 saturated heterocycles. The lowest BCUT2D eigenvalue weighted by Crippen LogP contribution is -2.48. The van der Waals surface area contributed by atoms with Crippen molar-refractivity contribution < 1.29 is 4.79 Å². The molecule has 1 fully saturated rings. The van der Waals surface area contributed by atoms with E-state index in [1.54, 1.807) is 32.2 Å². The van der Waals surface area contributed by atoms with Crippen molar-refractivity contribution in [3.05, 3.63) is 53.1 Å². The van der Waals surface area contributed by atoms with Crippen LogP contribution in [0.4, 0.5) is 5.82 Å². The number of carbonyl (C=O) groups excluding carboxylic acids is 1. The molecule has 1 amide bonds. The molecule has 33 heavy (non-hydrogen) atoms. The van der Waals surface area contributed by atoms with Gasteiger partial charge in [0.15, 0.2) is 11.5 Å². The number of amidine groups is 1. The van der Waals surface area contributed by atoms with Crippen molar-refractivity contribution in [2.45, 2.75) is 33.2 Å². The number of hydrogen-bond acceptors (Lipinski definition) is 8. The Morgan fingerprint density at radius 2 is 2.18 bits per heavy atom. The van der Waals surface area contributed by atoms with Crippen LogP contribution in [0.1, 0.15) is 32.9 Å². The van der Waals surface area contributed by atoms with Gasteiger partial charge >= 0.3 is 0 Å². The van der Waals surface area contributed by atoms with E-state index in [4.69, 9.17) is 11.0 Å². The molecule has 10 heteroatoms. The number of nitrogens with one attached hydrogen (secondary N) is 2. The molecule has 0 aliphatic carbocycles. The molecule has 2 heterocycles. The SMILES string of the molecule is C=N/C(=C\C(N[C@@H]1CCN(c2ccc(C#N)nn2)C[C@@H]1C)=C(/C)C(N)=O)NC(/C=C\C)=NC. The highest BCUT2D eigenvalue weighted by atomic mass is 16.1. The van der Waals surface area contributed by atoms with Gasteiger partial charge in [0.1, 0.15) is 17.7 Å². The predicted molar refractivity (Wildman–Crippen MR) is 130 cm³/mol. The summed E-state index contributed by atoms with van der Waals surface area (Å²) >= 11 is 0.